The fourth-order valence-corrected chi connectivity index (χ4v) is 1.69. The maximum absolute atomic E-state index is 11.7. The van der Waals surface area contributed by atoms with Gasteiger partial charge >= 0.3 is 0 Å². The molecule has 1 nitrogen and oxygen atoms in total. The van der Waals surface area contributed by atoms with E-state index < -0.39 is 0 Å². The minimum Gasteiger partial charge on any atom is -0.294 e. The summed E-state index contributed by atoms with van der Waals surface area (Å²) in [6.45, 7) is 0. The summed E-state index contributed by atoms with van der Waals surface area (Å²) in [5.74, 6) is 0.414. The van der Waals surface area contributed by atoms with Crippen LogP contribution in [0.3, 0.4) is 0 Å². The van der Waals surface area contributed by atoms with E-state index in [2.05, 4.69) is 12.6 Å². The Hall–Kier alpha value is -0.470. The summed E-state index contributed by atoms with van der Waals surface area (Å²) >= 11 is 10.0. The van der Waals surface area contributed by atoms with Gasteiger partial charge in [0.15, 0.2) is 5.78 Å². The van der Waals surface area contributed by atoms with Gasteiger partial charge < -0.3 is 0 Å². The van der Waals surface area contributed by atoms with Crippen LogP contribution in [0, 0.1) is 5.92 Å². The van der Waals surface area contributed by atoms with Crippen molar-refractivity contribution in [2.75, 3.05) is 0 Å². The summed E-state index contributed by atoms with van der Waals surface area (Å²) in [4.78, 5) is 12.4. The van der Waals surface area contributed by atoms with E-state index in [9.17, 15) is 4.79 Å². The summed E-state index contributed by atoms with van der Waals surface area (Å²) in [5.41, 5.74) is 0.665. The fourth-order valence-electron chi connectivity index (χ4n) is 1.27. The maximum atomic E-state index is 11.7. The van der Waals surface area contributed by atoms with E-state index in [1.807, 2.05) is 0 Å². The first kappa shape index (κ1) is 9.10. The third-order valence-corrected chi connectivity index (χ3v) is 2.80. The Balaban J connectivity index is 2.37. The summed E-state index contributed by atoms with van der Waals surface area (Å²) < 4.78 is 0. The van der Waals surface area contributed by atoms with Gasteiger partial charge in [-0.15, -0.1) is 12.6 Å². The summed E-state index contributed by atoms with van der Waals surface area (Å²) in [6.07, 6.45) is 2.02. The molecule has 0 bridgehead atoms. The zero-order valence-electron chi connectivity index (χ0n) is 6.96. The minimum absolute atomic E-state index is 0.188. The van der Waals surface area contributed by atoms with Crippen LogP contribution in [0.25, 0.3) is 0 Å². The standard InChI is InChI=1S/C10H9ClOS/c11-7-3-4-9(13)8(5-7)10(12)6-1-2-6/h3-6,13H,1-2H2. The fraction of sp³-hybridized carbons (Fsp3) is 0.300. The van der Waals surface area contributed by atoms with Crippen molar-refractivity contribution < 1.29 is 4.79 Å². The molecule has 1 aromatic carbocycles. The Morgan fingerprint density at radius 3 is 2.77 bits per heavy atom. The molecule has 0 spiro atoms. The number of Topliss-reactive ketones (excluding diaryl/α,β-unsaturated/α-hetero) is 1. The molecule has 68 valence electrons. The second kappa shape index (κ2) is 3.35. The van der Waals surface area contributed by atoms with Crippen molar-refractivity contribution in [3.8, 4) is 0 Å². The zero-order chi connectivity index (χ0) is 9.42. The van der Waals surface area contributed by atoms with Crippen molar-refractivity contribution in [2.45, 2.75) is 17.7 Å². The first-order chi connectivity index (χ1) is 6.18. The Bertz CT molecular complexity index is 358. The molecule has 0 unspecified atom stereocenters. The Morgan fingerprint density at radius 1 is 1.46 bits per heavy atom. The van der Waals surface area contributed by atoms with Crippen LogP contribution in [0.2, 0.25) is 5.02 Å². The summed E-state index contributed by atoms with van der Waals surface area (Å²) in [6, 6.07) is 5.21. The van der Waals surface area contributed by atoms with Gasteiger partial charge in [0.1, 0.15) is 0 Å². The second-order valence-electron chi connectivity index (χ2n) is 3.30. The SMILES string of the molecule is O=C(c1cc(Cl)ccc1S)C1CC1. The van der Waals surface area contributed by atoms with Crippen LogP contribution >= 0.6 is 24.2 Å². The molecule has 13 heavy (non-hydrogen) atoms. The molecule has 0 aromatic heterocycles. The molecule has 1 fully saturated rings. The topological polar surface area (TPSA) is 17.1 Å². The van der Waals surface area contributed by atoms with Crippen molar-refractivity contribution in [3.63, 3.8) is 0 Å². The van der Waals surface area contributed by atoms with Gasteiger partial charge in [0.05, 0.1) is 0 Å². The largest absolute Gasteiger partial charge is 0.294 e. The van der Waals surface area contributed by atoms with Gasteiger partial charge in [-0.25, -0.2) is 0 Å². The monoisotopic (exact) mass is 212 g/mol. The van der Waals surface area contributed by atoms with Crippen molar-refractivity contribution in [3.05, 3.63) is 28.8 Å². The van der Waals surface area contributed by atoms with Gasteiger partial charge in [0.2, 0.25) is 0 Å². The number of halogens is 1. The second-order valence-corrected chi connectivity index (χ2v) is 4.22. The van der Waals surface area contributed by atoms with Gasteiger partial charge in [-0.2, -0.15) is 0 Å². The summed E-state index contributed by atoms with van der Waals surface area (Å²) in [7, 11) is 0. The van der Waals surface area contributed by atoms with E-state index in [0.29, 0.717) is 10.6 Å². The minimum atomic E-state index is 0.188. The van der Waals surface area contributed by atoms with E-state index in [-0.39, 0.29) is 11.7 Å². The van der Waals surface area contributed by atoms with Crippen LogP contribution < -0.4 is 0 Å². The van der Waals surface area contributed by atoms with Gasteiger partial charge in [-0.1, -0.05) is 11.6 Å². The molecule has 0 aliphatic heterocycles. The maximum Gasteiger partial charge on any atom is 0.167 e. The number of thiol groups is 1. The first-order valence-corrected chi connectivity index (χ1v) is 5.04. The highest BCUT2D eigenvalue weighted by atomic mass is 35.5. The quantitative estimate of drug-likeness (QED) is 0.589. The normalized spacial score (nSPS) is 15.8. The number of rotatable bonds is 2. The lowest BCUT2D eigenvalue weighted by Crippen LogP contribution is -2.02. The zero-order valence-corrected chi connectivity index (χ0v) is 8.61. The third-order valence-electron chi connectivity index (χ3n) is 2.17. The van der Waals surface area contributed by atoms with Crippen LogP contribution in [0.4, 0.5) is 0 Å². The van der Waals surface area contributed by atoms with E-state index in [0.717, 1.165) is 17.7 Å². The third kappa shape index (κ3) is 1.89. The van der Waals surface area contributed by atoms with E-state index >= 15 is 0 Å². The van der Waals surface area contributed by atoms with Crippen LogP contribution in [0.1, 0.15) is 23.2 Å². The van der Waals surface area contributed by atoms with Gasteiger partial charge in [0.25, 0.3) is 0 Å². The van der Waals surface area contributed by atoms with Crippen LogP contribution in [0.5, 0.6) is 0 Å². The van der Waals surface area contributed by atoms with Crippen LogP contribution in [-0.2, 0) is 0 Å². The highest BCUT2D eigenvalue weighted by Crippen LogP contribution is 2.34. The Morgan fingerprint density at radius 2 is 2.15 bits per heavy atom. The molecule has 1 aromatic rings. The Kier molecular flexibility index (Phi) is 2.35. The number of ketones is 1. The number of carbonyl (C=O) groups excluding carboxylic acids is 1. The molecule has 0 N–H and O–H groups in total. The van der Waals surface area contributed by atoms with Gasteiger partial charge in [0, 0.05) is 21.4 Å². The highest BCUT2D eigenvalue weighted by Gasteiger charge is 2.31. The molecule has 3 heteroatoms. The molecule has 2 rings (SSSR count). The number of hydrogen-bond donors (Lipinski definition) is 1. The molecular weight excluding hydrogens is 204 g/mol. The smallest absolute Gasteiger partial charge is 0.167 e. The number of carbonyl (C=O) groups is 1. The van der Waals surface area contributed by atoms with E-state index in [1.54, 1.807) is 18.2 Å². The molecular formula is C10H9ClOS. The average Bonchev–Trinajstić information content (AvgIpc) is 2.91. The lowest BCUT2D eigenvalue weighted by Gasteiger charge is -2.02. The lowest BCUT2D eigenvalue weighted by atomic mass is 10.1. The molecule has 0 radical (unpaired) electrons. The molecule has 0 amide bonds. The summed E-state index contributed by atoms with van der Waals surface area (Å²) in [5, 5.41) is 0.599. The molecule has 1 aliphatic carbocycles. The molecule has 0 atom stereocenters. The van der Waals surface area contributed by atoms with Crippen molar-refractivity contribution in [1.29, 1.82) is 0 Å². The highest BCUT2D eigenvalue weighted by molar-refractivity contribution is 7.80. The van der Waals surface area contributed by atoms with E-state index in [4.69, 9.17) is 11.6 Å². The van der Waals surface area contributed by atoms with Crippen molar-refractivity contribution in [1.82, 2.24) is 0 Å². The predicted octanol–water partition coefficient (Wildman–Crippen LogP) is 3.22. The molecule has 0 saturated heterocycles. The first-order valence-electron chi connectivity index (χ1n) is 4.21. The van der Waals surface area contributed by atoms with Crippen LogP contribution in [0.15, 0.2) is 23.1 Å². The molecule has 0 heterocycles. The van der Waals surface area contributed by atoms with Crippen molar-refractivity contribution in [2.24, 2.45) is 5.92 Å². The lowest BCUT2D eigenvalue weighted by molar-refractivity contribution is 0.0965. The van der Waals surface area contributed by atoms with Crippen molar-refractivity contribution >= 4 is 30.0 Å². The van der Waals surface area contributed by atoms with Crippen LogP contribution in [-0.4, -0.2) is 5.78 Å². The van der Waals surface area contributed by atoms with E-state index in [1.165, 1.54) is 0 Å². The predicted molar refractivity (Wildman–Crippen MR) is 55.8 cm³/mol. The van der Waals surface area contributed by atoms with Gasteiger partial charge in [-0.05, 0) is 31.0 Å². The van der Waals surface area contributed by atoms with Gasteiger partial charge in [-0.3, -0.25) is 4.79 Å². The average molecular weight is 213 g/mol. The Labute approximate surface area is 87.5 Å². The number of benzene rings is 1. The number of hydrogen-bond acceptors (Lipinski definition) is 2. The molecule has 1 aliphatic rings. The molecule has 1 saturated carbocycles.